The SMILES string of the molecule is COc1ccc(C(=O)COC(=O)[C@@H](C)Sc2ccccc2)cc1OC. The van der Waals surface area contributed by atoms with Crippen LogP contribution in [0.1, 0.15) is 17.3 Å². The number of hydrogen-bond acceptors (Lipinski definition) is 6. The van der Waals surface area contributed by atoms with Crippen molar-refractivity contribution < 1.29 is 23.8 Å². The molecule has 0 saturated carbocycles. The van der Waals surface area contributed by atoms with E-state index in [1.165, 1.54) is 26.0 Å². The highest BCUT2D eigenvalue weighted by Crippen LogP contribution is 2.28. The van der Waals surface area contributed by atoms with Crippen molar-refractivity contribution in [2.24, 2.45) is 0 Å². The van der Waals surface area contributed by atoms with Gasteiger partial charge in [0, 0.05) is 10.5 Å². The molecule has 2 rings (SSSR count). The summed E-state index contributed by atoms with van der Waals surface area (Å²) in [6.45, 7) is 1.44. The van der Waals surface area contributed by atoms with Gasteiger partial charge in [0.2, 0.25) is 0 Å². The maximum Gasteiger partial charge on any atom is 0.319 e. The van der Waals surface area contributed by atoms with Gasteiger partial charge in [0.15, 0.2) is 23.9 Å². The van der Waals surface area contributed by atoms with Crippen molar-refractivity contribution in [2.75, 3.05) is 20.8 Å². The Morgan fingerprint density at radius 1 is 1.00 bits per heavy atom. The Labute approximate surface area is 151 Å². The third kappa shape index (κ3) is 5.26. The van der Waals surface area contributed by atoms with Gasteiger partial charge in [-0.3, -0.25) is 9.59 Å². The third-order valence-corrected chi connectivity index (χ3v) is 4.53. The van der Waals surface area contributed by atoms with E-state index in [9.17, 15) is 9.59 Å². The zero-order valence-corrected chi connectivity index (χ0v) is 15.2. The fourth-order valence-electron chi connectivity index (χ4n) is 2.10. The minimum absolute atomic E-state index is 0.300. The summed E-state index contributed by atoms with van der Waals surface area (Å²) >= 11 is 1.39. The minimum atomic E-state index is -0.428. The molecule has 6 heteroatoms. The zero-order chi connectivity index (χ0) is 18.2. The number of carbonyl (C=O) groups is 2. The van der Waals surface area contributed by atoms with Gasteiger partial charge in [0.05, 0.1) is 14.2 Å². The van der Waals surface area contributed by atoms with Gasteiger partial charge >= 0.3 is 5.97 Å². The molecule has 0 aliphatic rings. The molecule has 132 valence electrons. The molecule has 0 bridgehead atoms. The van der Waals surface area contributed by atoms with E-state index in [0.717, 1.165) is 4.90 Å². The highest BCUT2D eigenvalue weighted by molar-refractivity contribution is 8.00. The lowest BCUT2D eigenvalue weighted by atomic mass is 10.1. The smallest absolute Gasteiger partial charge is 0.319 e. The second-order valence-electron chi connectivity index (χ2n) is 5.17. The molecule has 2 aromatic rings. The van der Waals surface area contributed by atoms with E-state index in [2.05, 4.69) is 0 Å². The van der Waals surface area contributed by atoms with Crippen LogP contribution in [-0.2, 0) is 9.53 Å². The number of ketones is 1. The Kier molecular flexibility index (Phi) is 6.89. The Morgan fingerprint density at radius 2 is 1.68 bits per heavy atom. The number of methoxy groups -OCH3 is 2. The Hall–Kier alpha value is -2.47. The second-order valence-corrected chi connectivity index (χ2v) is 6.59. The molecule has 0 amide bonds. The maximum absolute atomic E-state index is 12.2. The Balaban J connectivity index is 1.91. The molecule has 1 atom stereocenters. The maximum atomic E-state index is 12.2. The molecule has 0 aromatic heterocycles. The summed E-state index contributed by atoms with van der Waals surface area (Å²) in [5.74, 6) is 0.255. The Morgan fingerprint density at radius 3 is 2.32 bits per heavy atom. The molecule has 2 aromatic carbocycles. The third-order valence-electron chi connectivity index (χ3n) is 3.44. The van der Waals surface area contributed by atoms with Gasteiger partial charge in [0.25, 0.3) is 0 Å². The van der Waals surface area contributed by atoms with Crippen LogP contribution in [-0.4, -0.2) is 37.8 Å². The van der Waals surface area contributed by atoms with Crippen LogP contribution in [0.3, 0.4) is 0 Å². The molecule has 0 spiro atoms. The normalized spacial score (nSPS) is 11.5. The number of hydrogen-bond donors (Lipinski definition) is 0. The van der Waals surface area contributed by atoms with Gasteiger partial charge < -0.3 is 14.2 Å². The number of benzene rings is 2. The van der Waals surface area contributed by atoms with Crippen LogP contribution in [0.15, 0.2) is 53.4 Å². The van der Waals surface area contributed by atoms with Crippen molar-refractivity contribution in [3.05, 3.63) is 54.1 Å². The highest BCUT2D eigenvalue weighted by Gasteiger charge is 2.18. The van der Waals surface area contributed by atoms with Crippen LogP contribution in [0.25, 0.3) is 0 Å². The first-order valence-electron chi connectivity index (χ1n) is 7.68. The molecule has 0 heterocycles. The summed E-state index contributed by atoms with van der Waals surface area (Å²) in [5, 5.41) is -0.402. The number of Topliss-reactive ketones (excluding diaryl/α,β-unsaturated/α-hetero) is 1. The summed E-state index contributed by atoms with van der Waals surface area (Å²) in [7, 11) is 3.02. The number of rotatable bonds is 8. The van der Waals surface area contributed by atoms with Crippen molar-refractivity contribution in [3.8, 4) is 11.5 Å². The highest BCUT2D eigenvalue weighted by atomic mass is 32.2. The van der Waals surface area contributed by atoms with E-state index < -0.39 is 11.2 Å². The van der Waals surface area contributed by atoms with Gasteiger partial charge in [-0.05, 0) is 37.3 Å². The first-order chi connectivity index (χ1) is 12.0. The second kappa shape index (κ2) is 9.13. The van der Waals surface area contributed by atoms with Gasteiger partial charge in [-0.25, -0.2) is 0 Å². The largest absolute Gasteiger partial charge is 0.493 e. The van der Waals surface area contributed by atoms with Gasteiger partial charge in [-0.2, -0.15) is 0 Å². The lowest BCUT2D eigenvalue weighted by Crippen LogP contribution is -2.21. The fraction of sp³-hybridized carbons (Fsp3) is 0.263. The predicted octanol–water partition coefficient (Wildman–Crippen LogP) is 3.61. The van der Waals surface area contributed by atoms with Crippen LogP contribution >= 0.6 is 11.8 Å². The van der Waals surface area contributed by atoms with E-state index in [4.69, 9.17) is 14.2 Å². The average Bonchev–Trinajstić information content (AvgIpc) is 2.65. The fourth-order valence-corrected chi connectivity index (χ4v) is 2.99. The molecule has 25 heavy (non-hydrogen) atoms. The molecule has 0 N–H and O–H groups in total. The molecule has 0 saturated heterocycles. The summed E-state index contributed by atoms with van der Waals surface area (Å²) in [6, 6.07) is 14.4. The molecule has 0 aliphatic heterocycles. The molecule has 0 aliphatic carbocycles. The van der Waals surface area contributed by atoms with Gasteiger partial charge in [0.1, 0.15) is 5.25 Å². The Bertz CT molecular complexity index is 730. The van der Waals surface area contributed by atoms with E-state index in [1.54, 1.807) is 25.1 Å². The van der Waals surface area contributed by atoms with E-state index >= 15 is 0 Å². The summed E-state index contributed by atoms with van der Waals surface area (Å²) in [6.07, 6.45) is 0. The average molecular weight is 360 g/mol. The van der Waals surface area contributed by atoms with Crippen molar-refractivity contribution in [1.29, 1.82) is 0 Å². The lowest BCUT2D eigenvalue weighted by Gasteiger charge is -2.12. The predicted molar refractivity (Wildman–Crippen MR) is 96.6 cm³/mol. The summed E-state index contributed by atoms with van der Waals surface area (Å²) in [5.41, 5.74) is 0.397. The van der Waals surface area contributed by atoms with Crippen LogP contribution in [0.4, 0.5) is 0 Å². The minimum Gasteiger partial charge on any atom is -0.493 e. The summed E-state index contributed by atoms with van der Waals surface area (Å²) < 4.78 is 15.4. The topological polar surface area (TPSA) is 61.8 Å². The van der Waals surface area contributed by atoms with Crippen LogP contribution < -0.4 is 9.47 Å². The summed E-state index contributed by atoms with van der Waals surface area (Å²) in [4.78, 5) is 25.3. The van der Waals surface area contributed by atoms with E-state index in [0.29, 0.717) is 17.1 Å². The van der Waals surface area contributed by atoms with Crippen LogP contribution in [0, 0.1) is 0 Å². The molecular weight excluding hydrogens is 340 g/mol. The molecular formula is C19H20O5S. The monoisotopic (exact) mass is 360 g/mol. The van der Waals surface area contributed by atoms with Crippen molar-refractivity contribution >= 4 is 23.5 Å². The molecule has 0 fully saturated rings. The van der Waals surface area contributed by atoms with E-state index in [-0.39, 0.29) is 12.4 Å². The van der Waals surface area contributed by atoms with Gasteiger partial charge in [-0.15, -0.1) is 11.8 Å². The zero-order valence-electron chi connectivity index (χ0n) is 14.4. The van der Waals surface area contributed by atoms with Crippen molar-refractivity contribution in [1.82, 2.24) is 0 Å². The molecule has 0 radical (unpaired) electrons. The number of ether oxygens (including phenoxy) is 3. The number of esters is 1. The molecule has 0 unspecified atom stereocenters. The van der Waals surface area contributed by atoms with Crippen molar-refractivity contribution in [3.63, 3.8) is 0 Å². The van der Waals surface area contributed by atoms with Crippen LogP contribution in [0.5, 0.6) is 11.5 Å². The van der Waals surface area contributed by atoms with Crippen LogP contribution in [0.2, 0.25) is 0 Å². The first kappa shape index (κ1) is 18.9. The quantitative estimate of drug-likeness (QED) is 0.407. The molecule has 5 nitrogen and oxygen atoms in total. The number of thioether (sulfide) groups is 1. The van der Waals surface area contributed by atoms with Crippen molar-refractivity contribution in [2.45, 2.75) is 17.1 Å². The first-order valence-corrected chi connectivity index (χ1v) is 8.56. The standard InChI is InChI=1S/C19H20O5S/c1-13(25-15-7-5-4-6-8-15)19(21)24-12-16(20)14-9-10-17(22-2)18(11-14)23-3/h4-11,13H,12H2,1-3H3/t13-/m1/s1. The van der Waals surface area contributed by atoms with E-state index in [1.807, 2.05) is 30.3 Å². The lowest BCUT2D eigenvalue weighted by molar-refractivity contribution is -0.141. The number of carbonyl (C=O) groups excluding carboxylic acids is 2. The van der Waals surface area contributed by atoms with Gasteiger partial charge in [-0.1, -0.05) is 18.2 Å².